The molecule has 8 atom stereocenters. The number of ether oxygens (including phenoxy) is 3. The summed E-state index contributed by atoms with van der Waals surface area (Å²) in [6, 6.07) is 4.32. The molecule has 1 saturated carbocycles. The zero-order valence-electron chi connectivity index (χ0n) is 38.4. The number of allylic oxidation sites excluding steroid dienone is 2. The van der Waals surface area contributed by atoms with E-state index in [2.05, 4.69) is 67.8 Å². The second-order valence-corrected chi connectivity index (χ2v) is 19.2. The Morgan fingerprint density at radius 2 is 1.95 bits per heavy atom. The first-order chi connectivity index (χ1) is 30.2. The summed E-state index contributed by atoms with van der Waals surface area (Å²) in [5.74, 6) is -2.08. The van der Waals surface area contributed by atoms with Crippen LogP contribution in [0.15, 0.2) is 46.9 Å². The molecule has 3 fully saturated rings. The number of nitrogens with zero attached hydrogens (tertiary/aromatic N) is 5. The van der Waals surface area contributed by atoms with Crippen LogP contribution in [-0.4, -0.2) is 108 Å². The molecule has 3 aliphatic heterocycles. The molecule has 6 bridgehead atoms. The first kappa shape index (κ1) is 46.3. The third kappa shape index (κ3) is 9.30. The van der Waals surface area contributed by atoms with Crippen LogP contribution in [0.25, 0.3) is 27.7 Å². The number of aromatic nitrogens is 2. The van der Waals surface area contributed by atoms with Crippen molar-refractivity contribution in [2.45, 2.75) is 112 Å². The molecule has 14 nitrogen and oxygen atoms in total. The average molecular weight is 884 g/mol. The predicted molar refractivity (Wildman–Crippen MR) is 246 cm³/mol. The van der Waals surface area contributed by atoms with Gasteiger partial charge in [0.05, 0.1) is 41.6 Å². The lowest BCUT2D eigenvalue weighted by Crippen LogP contribution is -2.61. The Bertz CT molecular complexity index is 2300. The molecule has 2 N–H and O–H groups in total. The molecule has 63 heavy (non-hydrogen) atoms. The number of amides is 3. The van der Waals surface area contributed by atoms with Crippen LogP contribution in [0, 0.1) is 29.1 Å². The minimum absolute atomic E-state index is 0.00566. The highest BCUT2D eigenvalue weighted by atomic mass is 32.1. The number of hydrazine groups is 1. The van der Waals surface area contributed by atoms with E-state index in [9.17, 15) is 19.2 Å². The van der Waals surface area contributed by atoms with Gasteiger partial charge in [-0.3, -0.25) is 29.2 Å². The number of cyclic esters (lactones) is 1. The fourth-order valence-electron chi connectivity index (χ4n) is 9.69. The zero-order chi connectivity index (χ0) is 45.3. The molecule has 15 heteroatoms. The summed E-state index contributed by atoms with van der Waals surface area (Å²) >= 11 is 1.36. The molecule has 0 unspecified atom stereocenters. The lowest BCUT2D eigenvalue weighted by molar-refractivity contribution is -0.156. The molecule has 3 aromatic rings. The van der Waals surface area contributed by atoms with E-state index in [1.165, 1.54) is 16.3 Å². The van der Waals surface area contributed by atoms with E-state index in [-0.39, 0.29) is 37.0 Å². The lowest BCUT2D eigenvalue weighted by atomic mass is 9.84. The standard InChI is InChI=1S/C48H65N7O7S/c1-11-31(39(49-12-2)29(7)60-10)41-33-23-48(8,9)26-62-47(59)34-16-15-20-55(52-34)46(58)40(51-43(56)37-28(6)38(37)45(57)53-21-19-27(5)24-53)42(61-14-4)44-50-35(25-63-44)30-17-18-36(32(33)22-30)54(41)13-3/h11-12,17-18,22,25,27-29,34,37-38,40,42,52H,1,13-16,19-21,23-24,26H2,2-10H3,(H,51,56)/b39-31+,49-12?/t27-,28-,29+,34+,37-,38-,40+,42+/m1/s1. The van der Waals surface area contributed by atoms with E-state index < -0.39 is 47.3 Å². The Morgan fingerprint density at radius 1 is 1.17 bits per heavy atom. The highest BCUT2D eigenvalue weighted by Gasteiger charge is 2.58. The van der Waals surface area contributed by atoms with Crippen LogP contribution in [0.2, 0.25) is 0 Å². The van der Waals surface area contributed by atoms with Crippen molar-refractivity contribution in [3.63, 3.8) is 0 Å². The van der Waals surface area contributed by atoms with E-state index in [0.29, 0.717) is 62.1 Å². The van der Waals surface area contributed by atoms with Gasteiger partial charge >= 0.3 is 5.97 Å². The lowest BCUT2D eigenvalue weighted by Gasteiger charge is -2.37. The SMILES string of the molecule is C=C/C(=C(\N=CC)[C@H](C)OC)c1c2c3cc(ccc3n1CC)-c1csc(n1)[C@@H](OCC)[C@H](NC(=O)[C@@H]1[C@@H](C)[C@H]1C(=O)N1CC[C@@H](C)C1)C(=O)N1CCC[C@H](N1)C(=O)OCC(C)(C)C2. The molecule has 0 spiro atoms. The fourth-order valence-corrected chi connectivity index (χ4v) is 10.6. The van der Waals surface area contributed by atoms with Crippen LogP contribution in [0.5, 0.6) is 0 Å². The number of carbonyl (C=O) groups excluding carboxylic acids is 4. The second-order valence-electron chi connectivity index (χ2n) is 18.4. The Balaban J connectivity index is 1.34. The number of methoxy groups -OCH3 is 1. The van der Waals surface area contributed by atoms with E-state index in [0.717, 1.165) is 45.4 Å². The average Bonchev–Trinajstić information content (AvgIpc) is 3.61. The predicted octanol–water partition coefficient (Wildman–Crippen LogP) is 6.74. The van der Waals surface area contributed by atoms with Crippen LogP contribution in [0.3, 0.4) is 0 Å². The van der Waals surface area contributed by atoms with E-state index in [4.69, 9.17) is 24.2 Å². The summed E-state index contributed by atoms with van der Waals surface area (Å²) in [6.45, 7) is 23.0. The van der Waals surface area contributed by atoms with Gasteiger partial charge in [-0.15, -0.1) is 11.3 Å². The summed E-state index contributed by atoms with van der Waals surface area (Å²) in [5.41, 5.74) is 8.84. The third-order valence-electron chi connectivity index (χ3n) is 13.2. The van der Waals surface area contributed by atoms with Gasteiger partial charge in [-0.05, 0) is 82.9 Å². The maximum Gasteiger partial charge on any atom is 0.324 e. The molecular formula is C48H65N7O7S. The Hall–Kier alpha value is -4.70. The molecule has 7 rings (SSSR count). The van der Waals surface area contributed by atoms with Gasteiger partial charge in [0.25, 0.3) is 5.91 Å². The smallest absolute Gasteiger partial charge is 0.324 e. The normalized spacial score (nSPS) is 27.2. The van der Waals surface area contributed by atoms with Crippen molar-refractivity contribution < 1.29 is 33.4 Å². The molecule has 1 aliphatic carbocycles. The third-order valence-corrected chi connectivity index (χ3v) is 14.1. The largest absolute Gasteiger partial charge is 0.464 e. The number of thiazole rings is 1. The Morgan fingerprint density at radius 3 is 2.62 bits per heavy atom. The highest BCUT2D eigenvalue weighted by molar-refractivity contribution is 7.10. The number of likely N-dealkylation sites (tertiary alicyclic amines) is 1. The van der Waals surface area contributed by atoms with Crippen molar-refractivity contribution in [3.8, 4) is 11.3 Å². The van der Waals surface area contributed by atoms with Gasteiger partial charge in [0, 0.05) is 78.9 Å². The Kier molecular flexibility index (Phi) is 14.1. The summed E-state index contributed by atoms with van der Waals surface area (Å²) in [7, 11) is 1.67. The minimum atomic E-state index is -1.21. The van der Waals surface area contributed by atoms with Crippen LogP contribution in [-0.2, 0) is 46.4 Å². The molecule has 2 saturated heterocycles. The minimum Gasteiger partial charge on any atom is -0.464 e. The topological polar surface area (TPSA) is 157 Å². The molecule has 0 radical (unpaired) electrons. The number of carbonyl (C=O) groups is 4. The maximum absolute atomic E-state index is 14.8. The summed E-state index contributed by atoms with van der Waals surface area (Å²) < 4.78 is 20.6. The van der Waals surface area contributed by atoms with Gasteiger partial charge in [-0.2, -0.15) is 0 Å². The molecular weight excluding hydrogens is 819 g/mol. The Labute approximate surface area is 375 Å². The molecule has 2 aromatic heterocycles. The van der Waals surface area contributed by atoms with Gasteiger partial charge in [-0.25, -0.2) is 10.4 Å². The van der Waals surface area contributed by atoms with Gasteiger partial charge in [0.1, 0.15) is 23.2 Å². The molecule has 1 aromatic carbocycles. The highest BCUT2D eigenvalue weighted by Crippen LogP contribution is 2.48. The summed E-state index contributed by atoms with van der Waals surface area (Å²) in [6.07, 6.45) is 4.82. The number of aryl methyl sites for hydroxylation is 1. The first-order valence-electron chi connectivity index (χ1n) is 22.6. The van der Waals surface area contributed by atoms with Crippen LogP contribution in [0.1, 0.15) is 97.0 Å². The van der Waals surface area contributed by atoms with E-state index in [1.807, 2.05) is 44.1 Å². The number of hydrogen-bond donors (Lipinski definition) is 2. The quantitative estimate of drug-likeness (QED) is 0.121. The number of fused-ring (bicyclic) bond motifs is 6. The van der Waals surface area contributed by atoms with E-state index >= 15 is 0 Å². The van der Waals surface area contributed by atoms with Crippen LogP contribution >= 0.6 is 11.3 Å². The monoisotopic (exact) mass is 883 g/mol. The van der Waals surface area contributed by atoms with Crippen molar-refractivity contribution in [2.75, 3.05) is 40.0 Å². The van der Waals surface area contributed by atoms with Gasteiger partial charge in [0.2, 0.25) is 11.8 Å². The summed E-state index contributed by atoms with van der Waals surface area (Å²) in [4.78, 5) is 68.4. The van der Waals surface area contributed by atoms with Crippen molar-refractivity contribution in [2.24, 2.45) is 34.1 Å². The molecule has 5 heterocycles. The first-order valence-corrected chi connectivity index (χ1v) is 23.5. The number of rotatable bonds is 11. The van der Waals surface area contributed by atoms with Crippen LogP contribution < -0.4 is 10.7 Å². The van der Waals surface area contributed by atoms with Crippen molar-refractivity contribution in [3.05, 3.63) is 58.2 Å². The molecule has 3 amide bonds. The number of hydrogen-bond acceptors (Lipinski definition) is 11. The maximum atomic E-state index is 14.8. The molecule has 340 valence electrons. The number of benzene rings is 1. The zero-order valence-corrected chi connectivity index (χ0v) is 39.2. The molecule has 4 aliphatic rings. The van der Waals surface area contributed by atoms with Gasteiger partial charge < -0.3 is 29.0 Å². The van der Waals surface area contributed by atoms with Crippen LogP contribution in [0.4, 0.5) is 0 Å². The van der Waals surface area contributed by atoms with E-state index in [1.54, 1.807) is 13.3 Å². The van der Waals surface area contributed by atoms with Gasteiger partial charge in [0.15, 0.2) is 0 Å². The number of esters is 1. The number of nitrogens with one attached hydrogen (secondary N) is 2. The number of aliphatic imine (C=N–C) groups is 1. The van der Waals surface area contributed by atoms with Crippen molar-refractivity contribution in [1.29, 1.82) is 0 Å². The second kappa shape index (κ2) is 19.2. The fraction of sp³-hybridized carbons (Fsp3) is 0.583. The van der Waals surface area contributed by atoms with Gasteiger partial charge in [-0.1, -0.05) is 46.4 Å². The summed E-state index contributed by atoms with van der Waals surface area (Å²) in [5, 5.41) is 7.96. The van der Waals surface area contributed by atoms with Crippen molar-refractivity contribution in [1.82, 2.24) is 30.2 Å². The van der Waals surface area contributed by atoms with Crippen molar-refractivity contribution >= 4 is 57.7 Å².